The van der Waals surface area contributed by atoms with Gasteiger partial charge >= 0.3 is 0 Å². The molecule has 0 aliphatic rings. The van der Waals surface area contributed by atoms with Gasteiger partial charge in [-0.05, 0) is 50.2 Å². The second-order valence-corrected chi connectivity index (χ2v) is 6.39. The molecule has 0 unspecified atom stereocenters. The summed E-state index contributed by atoms with van der Waals surface area (Å²) in [4.78, 5) is 28.2. The van der Waals surface area contributed by atoms with E-state index in [1.54, 1.807) is 18.1 Å². The number of hydrogen-bond donors (Lipinski definition) is 1. The average Bonchev–Trinajstić information content (AvgIpc) is 2.70. The van der Waals surface area contributed by atoms with E-state index in [2.05, 4.69) is 24.1 Å². The summed E-state index contributed by atoms with van der Waals surface area (Å²) in [7, 11) is 1.58. The van der Waals surface area contributed by atoms with Crippen molar-refractivity contribution in [3.05, 3.63) is 48.5 Å². The van der Waals surface area contributed by atoms with Crippen molar-refractivity contribution >= 4 is 28.9 Å². The Morgan fingerprint density at radius 3 is 2.25 bits per heavy atom. The molecular formula is C22H29N3O3. The minimum atomic E-state index is -0.135. The van der Waals surface area contributed by atoms with Crippen LogP contribution in [0.25, 0.3) is 0 Å². The molecule has 2 aromatic rings. The molecule has 1 N–H and O–H groups in total. The highest BCUT2D eigenvalue weighted by molar-refractivity contribution is 5.95. The number of rotatable bonds is 9. The summed E-state index contributed by atoms with van der Waals surface area (Å²) in [6.07, 6.45) is 0.203. The Kier molecular flexibility index (Phi) is 7.87. The molecule has 0 heterocycles. The van der Waals surface area contributed by atoms with Crippen LogP contribution in [0, 0.1) is 0 Å². The SMILES string of the molecule is CCN(CC)c1ccc(NC(=O)CCN(C(C)=O)c2cccc(OC)c2)cc1. The maximum absolute atomic E-state index is 12.3. The highest BCUT2D eigenvalue weighted by atomic mass is 16.5. The van der Waals surface area contributed by atoms with Crippen LogP contribution in [0.2, 0.25) is 0 Å². The van der Waals surface area contributed by atoms with Gasteiger partial charge in [0.25, 0.3) is 0 Å². The summed E-state index contributed by atoms with van der Waals surface area (Å²) in [5.41, 5.74) is 2.59. The number of nitrogens with one attached hydrogen (secondary N) is 1. The van der Waals surface area contributed by atoms with Gasteiger partial charge in [-0.3, -0.25) is 9.59 Å². The topological polar surface area (TPSA) is 61.9 Å². The fourth-order valence-corrected chi connectivity index (χ4v) is 3.03. The smallest absolute Gasteiger partial charge is 0.226 e. The van der Waals surface area contributed by atoms with Crippen molar-refractivity contribution < 1.29 is 14.3 Å². The summed E-state index contributed by atoms with van der Waals surface area (Å²) in [5.74, 6) is 0.413. The first-order chi connectivity index (χ1) is 13.5. The van der Waals surface area contributed by atoms with Crippen molar-refractivity contribution in [2.45, 2.75) is 27.2 Å². The van der Waals surface area contributed by atoms with Crippen molar-refractivity contribution in [2.24, 2.45) is 0 Å². The molecule has 6 nitrogen and oxygen atoms in total. The van der Waals surface area contributed by atoms with E-state index in [0.29, 0.717) is 18.0 Å². The van der Waals surface area contributed by atoms with Crippen LogP contribution in [0.4, 0.5) is 17.1 Å². The summed E-state index contributed by atoms with van der Waals surface area (Å²) in [6, 6.07) is 15.0. The zero-order valence-electron chi connectivity index (χ0n) is 17.1. The summed E-state index contributed by atoms with van der Waals surface area (Å²) >= 11 is 0. The molecule has 2 aromatic carbocycles. The van der Waals surface area contributed by atoms with Gasteiger partial charge in [-0.2, -0.15) is 0 Å². The van der Waals surface area contributed by atoms with Crippen LogP contribution >= 0.6 is 0 Å². The summed E-state index contributed by atoms with van der Waals surface area (Å²) in [6.45, 7) is 7.89. The molecule has 0 aliphatic heterocycles. The largest absolute Gasteiger partial charge is 0.497 e. The molecule has 6 heteroatoms. The number of carbonyl (C=O) groups is 2. The first-order valence-electron chi connectivity index (χ1n) is 9.55. The molecule has 0 radical (unpaired) electrons. The van der Waals surface area contributed by atoms with E-state index in [1.165, 1.54) is 6.92 Å². The van der Waals surface area contributed by atoms with Crippen LogP contribution in [0.15, 0.2) is 48.5 Å². The highest BCUT2D eigenvalue weighted by Crippen LogP contribution is 2.22. The van der Waals surface area contributed by atoms with Crippen LogP contribution in [-0.2, 0) is 9.59 Å². The molecule has 28 heavy (non-hydrogen) atoms. The third kappa shape index (κ3) is 5.74. The van der Waals surface area contributed by atoms with E-state index in [9.17, 15) is 9.59 Å². The molecule has 0 aliphatic carbocycles. The first kappa shape index (κ1) is 21.3. The van der Waals surface area contributed by atoms with Crippen LogP contribution in [0.1, 0.15) is 27.2 Å². The molecule has 0 bridgehead atoms. The van der Waals surface area contributed by atoms with Gasteiger partial charge in [-0.25, -0.2) is 0 Å². The molecular weight excluding hydrogens is 354 g/mol. The summed E-state index contributed by atoms with van der Waals surface area (Å²) in [5, 5.41) is 2.89. The van der Waals surface area contributed by atoms with Crippen molar-refractivity contribution in [1.82, 2.24) is 0 Å². The molecule has 0 aromatic heterocycles. The lowest BCUT2D eigenvalue weighted by Gasteiger charge is -2.22. The van der Waals surface area contributed by atoms with E-state index in [4.69, 9.17) is 4.74 Å². The van der Waals surface area contributed by atoms with Gasteiger partial charge in [0.2, 0.25) is 11.8 Å². The van der Waals surface area contributed by atoms with Crippen molar-refractivity contribution in [3.63, 3.8) is 0 Å². The maximum Gasteiger partial charge on any atom is 0.226 e. The van der Waals surface area contributed by atoms with Gasteiger partial charge in [0, 0.05) is 56.1 Å². The van der Waals surface area contributed by atoms with Crippen LogP contribution in [-0.4, -0.2) is 38.6 Å². The zero-order valence-corrected chi connectivity index (χ0v) is 17.1. The summed E-state index contributed by atoms with van der Waals surface area (Å²) < 4.78 is 5.21. The lowest BCUT2D eigenvalue weighted by Crippen LogP contribution is -2.31. The quantitative estimate of drug-likeness (QED) is 0.713. The standard InChI is InChI=1S/C22H29N3O3/c1-5-24(6-2)19-12-10-18(11-13-19)23-22(27)14-15-25(17(3)26)20-8-7-9-21(16-20)28-4/h7-13,16H,5-6,14-15H2,1-4H3,(H,23,27). The average molecular weight is 383 g/mol. The first-order valence-corrected chi connectivity index (χ1v) is 9.55. The van der Waals surface area contributed by atoms with Crippen LogP contribution < -0.4 is 19.9 Å². The number of anilines is 3. The molecule has 0 saturated heterocycles. The predicted octanol–water partition coefficient (Wildman–Crippen LogP) is 3.92. The fraction of sp³-hybridized carbons (Fsp3) is 0.364. The Morgan fingerprint density at radius 2 is 1.68 bits per heavy atom. The van der Waals surface area contributed by atoms with E-state index in [-0.39, 0.29) is 18.2 Å². The van der Waals surface area contributed by atoms with E-state index >= 15 is 0 Å². The third-order valence-corrected chi connectivity index (χ3v) is 4.59. The number of amides is 2. The highest BCUT2D eigenvalue weighted by Gasteiger charge is 2.14. The Balaban J connectivity index is 1.96. The van der Waals surface area contributed by atoms with Gasteiger partial charge in [0.1, 0.15) is 5.75 Å². The third-order valence-electron chi connectivity index (χ3n) is 4.59. The Morgan fingerprint density at radius 1 is 1.00 bits per heavy atom. The van der Waals surface area contributed by atoms with Gasteiger partial charge < -0.3 is 19.9 Å². The van der Waals surface area contributed by atoms with Gasteiger partial charge in [-0.15, -0.1) is 0 Å². The van der Waals surface area contributed by atoms with E-state index in [0.717, 1.165) is 24.5 Å². The molecule has 0 fully saturated rings. The normalized spacial score (nSPS) is 10.3. The second kappa shape index (κ2) is 10.3. The van der Waals surface area contributed by atoms with Gasteiger partial charge in [-0.1, -0.05) is 6.07 Å². The Bertz CT molecular complexity index is 786. The number of benzene rings is 2. The minimum absolute atomic E-state index is 0.121. The van der Waals surface area contributed by atoms with Crippen molar-refractivity contribution in [3.8, 4) is 5.75 Å². The molecule has 2 rings (SSSR count). The molecule has 0 spiro atoms. The lowest BCUT2D eigenvalue weighted by molar-refractivity contribution is -0.117. The number of nitrogens with zero attached hydrogens (tertiary/aromatic N) is 2. The van der Waals surface area contributed by atoms with E-state index < -0.39 is 0 Å². The van der Waals surface area contributed by atoms with Crippen molar-refractivity contribution in [1.29, 1.82) is 0 Å². The predicted molar refractivity (Wildman–Crippen MR) is 114 cm³/mol. The zero-order chi connectivity index (χ0) is 20.5. The van der Waals surface area contributed by atoms with Gasteiger partial charge in [0.15, 0.2) is 0 Å². The van der Waals surface area contributed by atoms with E-state index in [1.807, 2.05) is 42.5 Å². The van der Waals surface area contributed by atoms with Crippen LogP contribution in [0.5, 0.6) is 5.75 Å². The number of ether oxygens (including phenoxy) is 1. The molecule has 0 atom stereocenters. The second-order valence-electron chi connectivity index (χ2n) is 6.39. The Hall–Kier alpha value is -3.02. The minimum Gasteiger partial charge on any atom is -0.497 e. The van der Waals surface area contributed by atoms with Crippen LogP contribution in [0.3, 0.4) is 0 Å². The maximum atomic E-state index is 12.3. The lowest BCUT2D eigenvalue weighted by atomic mass is 10.2. The molecule has 2 amide bonds. The molecule has 0 saturated carbocycles. The van der Waals surface area contributed by atoms with Gasteiger partial charge in [0.05, 0.1) is 7.11 Å². The Labute approximate surface area is 167 Å². The fourth-order valence-electron chi connectivity index (χ4n) is 3.03. The van der Waals surface area contributed by atoms with Crippen molar-refractivity contribution in [2.75, 3.05) is 41.9 Å². The number of methoxy groups -OCH3 is 1. The molecule has 150 valence electrons. The monoisotopic (exact) mass is 383 g/mol. The number of hydrogen-bond acceptors (Lipinski definition) is 4. The number of carbonyl (C=O) groups excluding carboxylic acids is 2.